The normalized spacial score (nSPS) is 12.6. The maximum absolute atomic E-state index is 13.0. The molecule has 0 aromatic heterocycles. The lowest BCUT2D eigenvalue weighted by Crippen LogP contribution is -2.40. The molecule has 0 fully saturated rings. The average molecular weight is 390 g/mol. The first kappa shape index (κ1) is 19.9. The molecule has 0 radical (unpaired) electrons. The number of rotatable bonds is 6. The Morgan fingerprint density at radius 3 is 2.10 bits per heavy atom. The van der Waals surface area contributed by atoms with Crippen LogP contribution in [-0.2, 0) is 10.4 Å². The van der Waals surface area contributed by atoms with Crippen molar-refractivity contribution in [1.29, 1.82) is 0 Å². The quantitative estimate of drug-likeness (QED) is 0.439. The summed E-state index contributed by atoms with van der Waals surface area (Å²) in [4.78, 5) is 24.1. The van der Waals surface area contributed by atoms with Crippen LogP contribution in [0.3, 0.4) is 0 Å². The molecule has 0 spiro atoms. The number of aliphatic hydroxyl groups is 1. The van der Waals surface area contributed by atoms with Crippen LogP contribution in [0.1, 0.15) is 27.0 Å². The molecule has 3 aromatic carbocycles. The van der Waals surface area contributed by atoms with E-state index in [4.69, 9.17) is 9.84 Å². The Labute approximate surface area is 166 Å². The van der Waals surface area contributed by atoms with Crippen LogP contribution in [0.25, 0.3) is 6.08 Å². The Kier molecular flexibility index (Phi) is 5.47. The van der Waals surface area contributed by atoms with Gasteiger partial charge in [0, 0.05) is 6.07 Å². The van der Waals surface area contributed by atoms with Crippen molar-refractivity contribution in [3.05, 3.63) is 102 Å². The standard InChI is InChI=1S/C23H18O6/c1-2-15-8-10-17(11-9-15)23(28,16-6-4-3-5-7-16)22(27)29-18-12-13-19(21(25)26)20(24)14-18/h2-14,24,28H,1H2,(H,25,26). The summed E-state index contributed by atoms with van der Waals surface area (Å²) in [6.45, 7) is 3.68. The summed E-state index contributed by atoms with van der Waals surface area (Å²) in [6, 6.07) is 18.2. The number of phenols is 1. The molecule has 6 nitrogen and oxygen atoms in total. The van der Waals surface area contributed by atoms with Crippen LogP contribution in [0.2, 0.25) is 0 Å². The molecule has 0 heterocycles. The molecule has 3 rings (SSSR count). The molecule has 29 heavy (non-hydrogen) atoms. The number of esters is 1. The Bertz CT molecular complexity index is 1060. The summed E-state index contributed by atoms with van der Waals surface area (Å²) in [7, 11) is 0. The van der Waals surface area contributed by atoms with E-state index < -0.39 is 23.3 Å². The smallest absolute Gasteiger partial charge is 0.353 e. The molecule has 1 atom stereocenters. The molecule has 0 aliphatic rings. The number of ether oxygens (including phenoxy) is 1. The second-order valence-electron chi connectivity index (χ2n) is 6.28. The van der Waals surface area contributed by atoms with Crippen molar-refractivity contribution in [1.82, 2.24) is 0 Å². The zero-order valence-electron chi connectivity index (χ0n) is 15.3. The molecule has 0 amide bonds. The average Bonchev–Trinajstić information content (AvgIpc) is 2.73. The van der Waals surface area contributed by atoms with Crippen LogP contribution in [0, 0.1) is 0 Å². The summed E-state index contributed by atoms with van der Waals surface area (Å²) in [5, 5.41) is 30.2. The number of aromatic carboxylic acids is 1. The van der Waals surface area contributed by atoms with E-state index in [9.17, 15) is 19.8 Å². The second kappa shape index (κ2) is 8.00. The summed E-state index contributed by atoms with van der Waals surface area (Å²) in [5.74, 6) is -2.98. The van der Waals surface area contributed by atoms with Gasteiger partial charge in [-0.05, 0) is 28.8 Å². The van der Waals surface area contributed by atoms with E-state index in [2.05, 4.69) is 6.58 Å². The number of hydrogen-bond donors (Lipinski definition) is 3. The molecule has 3 N–H and O–H groups in total. The fraction of sp³-hybridized carbons (Fsp3) is 0.0435. The number of benzene rings is 3. The lowest BCUT2D eigenvalue weighted by molar-refractivity contribution is -0.152. The van der Waals surface area contributed by atoms with Gasteiger partial charge in [-0.2, -0.15) is 0 Å². The van der Waals surface area contributed by atoms with Gasteiger partial charge in [-0.15, -0.1) is 0 Å². The number of carbonyl (C=O) groups excluding carboxylic acids is 1. The first-order valence-corrected chi connectivity index (χ1v) is 8.65. The topological polar surface area (TPSA) is 104 Å². The third-order valence-electron chi connectivity index (χ3n) is 4.46. The summed E-state index contributed by atoms with van der Waals surface area (Å²) in [6.07, 6.45) is 1.64. The highest BCUT2D eigenvalue weighted by molar-refractivity contribution is 5.91. The van der Waals surface area contributed by atoms with Crippen molar-refractivity contribution in [2.24, 2.45) is 0 Å². The minimum absolute atomic E-state index is 0.102. The highest BCUT2D eigenvalue weighted by atomic mass is 16.6. The zero-order chi connectivity index (χ0) is 21.0. The molecule has 0 saturated carbocycles. The van der Waals surface area contributed by atoms with Gasteiger partial charge in [0.05, 0.1) is 0 Å². The fourth-order valence-electron chi connectivity index (χ4n) is 2.88. The molecule has 0 aliphatic carbocycles. The van der Waals surface area contributed by atoms with E-state index in [0.717, 1.165) is 17.7 Å². The maximum Gasteiger partial charge on any atom is 0.353 e. The lowest BCUT2D eigenvalue weighted by atomic mass is 9.86. The second-order valence-corrected chi connectivity index (χ2v) is 6.28. The van der Waals surface area contributed by atoms with Crippen LogP contribution in [0.4, 0.5) is 0 Å². The molecule has 0 saturated heterocycles. The van der Waals surface area contributed by atoms with E-state index in [-0.39, 0.29) is 16.9 Å². The lowest BCUT2D eigenvalue weighted by Gasteiger charge is -2.27. The third kappa shape index (κ3) is 3.88. The molecule has 1 unspecified atom stereocenters. The van der Waals surface area contributed by atoms with Gasteiger partial charge in [0.25, 0.3) is 0 Å². The molecule has 0 aliphatic heterocycles. The van der Waals surface area contributed by atoms with Crippen LogP contribution < -0.4 is 4.74 Å². The van der Waals surface area contributed by atoms with Crippen molar-refractivity contribution in [2.75, 3.05) is 0 Å². The molecular formula is C23H18O6. The highest BCUT2D eigenvalue weighted by Gasteiger charge is 2.42. The van der Waals surface area contributed by atoms with Gasteiger partial charge in [0.1, 0.15) is 17.1 Å². The molecular weight excluding hydrogens is 372 g/mol. The van der Waals surface area contributed by atoms with Crippen LogP contribution in [0.5, 0.6) is 11.5 Å². The predicted molar refractivity (Wildman–Crippen MR) is 107 cm³/mol. The number of carboxylic acid groups (broad SMARTS) is 1. The number of carboxylic acids is 1. The van der Waals surface area contributed by atoms with E-state index in [1.54, 1.807) is 60.7 Å². The van der Waals surface area contributed by atoms with Gasteiger partial charge in [-0.3, -0.25) is 0 Å². The van der Waals surface area contributed by atoms with Crippen molar-refractivity contribution in [3.63, 3.8) is 0 Å². The van der Waals surface area contributed by atoms with Gasteiger partial charge in [0.15, 0.2) is 0 Å². The van der Waals surface area contributed by atoms with Gasteiger partial charge in [-0.1, -0.05) is 67.3 Å². The zero-order valence-corrected chi connectivity index (χ0v) is 15.3. The Balaban J connectivity index is 2.02. The molecule has 0 bridgehead atoms. The van der Waals surface area contributed by atoms with Crippen LogP contribution >= 0.6 is 0 Å². The van der Waals surface area contributed by atoms with Gasteiger partial charge in [-0.25, -0.2) is 9.59 Å². The van der Waals surface area contributed by atoms with Crippen molar-refractivity contribution < 1.29 is 29.6 Å². The van der Waals surface area contributed by atoms with E-state index in [1.165, 1.54) is 6.07 Å². The first-order valence-electron chi connectivity index (χ1n) is 8.65. The number of hydrogen-bond acceptors (Lipinski definition) is 5. The predicted octanol–water partition coefficient (Wildman–Crippen LogP) is 3.57. The number of aromatic hydroxyl groups is 1. The van der Waals surface area contributed by atoms with Crippen molar-refractivity contribution >= 4 is 18.0 Å². The van der Waals surface area contributed by atoms with Crippen molar-refractivity contribution in [3.8, 4) is 11.5 Å². The highest BCUT2D eigenvalue weighted by Crippen LogP contribution is 2.33. The largest absolute Gasteiger partial charge is 0.507 e. The Morgan fingerprint density at radius 2 is 1.55 bits per heavy atom. The van der Waals surface area contributed by atoms with E-state index in [1.807, 2.05) is 0 Å². The molecule has 3 aromatic rings. The Morgan fingerprint density at radius 1 is 0.931 bits per heavy atom. The van der Waals surface area contributed by atoms with Gasteiger partial charge < -0.3 is 20.1 Å². The maximum atomic E-state index is 13.0. The van der Waals surface area contributed by atoms with Crippen molar-refractivity contribution in [2.45, 2.75) is 5.60 Å². The van der Waals surface area contributed by atoms with E-state index in [0.29, 0.717) is 5.56 Å². The molecule has 146 valence electrons. The minimum Gasteiger partial charge on any atom is -0.507 e. The Hall–Kier alpha value is -3.90. The minimum atomic E-state index is -2.12. The third-order valence-corrected chi connectivity index (χ3v) is 4.46. The van der Waals surface area contributed by atoms with Crippen LogP contribution in [0.15, 0.2) is 79.4 Å². The first-order chi connectivity index (χ1) is 13.9. The molecule has 6 heteroatoms. The summed E-state index contributed by atoms with van der Waals surface area (Å²) < 4.78 is 5.30. The van der Waals surface area contributed by atoms with Gasteiger partial charge >= 0.3 is 11.9 Å². The summed E-state index contributed by atoms with van der Waals surface area (Å²) >= 11 is 0. The summed E-state index contributed by atoms with van der Waals surface area (Å²) in [5.41, 5.74) is -1.06. The van der Waals surface area contributed by atoms with Gasteiger partial charge in [0.2, 0.25) is 5.60 Å². The van der Waals surface area contributed by atoms with Crippen LogP contribution in [-0.4, -0.2) is 27.3 Å². The monoisotopic (exact) mass is 390 g/mol. The van der Waals surface area contributed by atoms with E-state index >= 15 is 0 Å². The SMILES string of the molecule is C=Cc1ccc(C(O)(C(=O)Oc2ccc(C(=O)O)c(O)c2)c2ccccc2)cc1. The fourth-order valence-corrected chi connectivity index (χ4v) is 2.88. The number of carbonyl (C=O) groups is 2.